The summed E-state index contributed by atoms with van der Waals surface area (Å²) in [4.78, 5) is 16.6. The third kappa shape index (κ3) is 5.84. The zero-order valence-electron chi connectivity index (χ0n) is 14.9. The Morgan fingerprint density at radius 2 is 2.04 bits per heavy atom. The molecule has 140 valence electrons. The van der Waals surface area contributed by atoms with Gasteiger partial charge in [0.15, 0.2) is 0 Å². The summed E-state index contributed by atoms with van der Waals surface area (Å²) in [6.45, 7) is 2.49. The largest absolute Gasteiger partial charge is 0.355 e. The number of aromatic nitrogens is 2. The van der Waals surface area contributed by atoms with Crippen LogP contribution in [0.3, 0.4) is 0 Å². The number of hydrogen-bond donors (Lipinski definition) is 1. The molecule has 7 heteroatoms. The number of nitrogens with one attached hydrogen (secondary N) is 1. The van der Waals surface area contributed by atoms with E-state index < -0.39 is 0 Å². The van der Waals surface area contributed by atoms with Crippen LogP contribution in [-0.4, -0.2) is 27.8 Å². The maximum Gasteiger partial charge on any atom is 0.236 e. The first-order chi connectivity index (χ1) is 13.1. The lowest BCUT2D eigenvalue weighted by Gasteiger charge is -2.10. The Morgan fingerprint density at radius 1 is 1.22 bits per heavy atom. The van der Waals surface area contributed by atoms with Crippen molar-refractivity contribution in [3.8, 4) is 11.4 Å². The molecule has 0 radical (unpaired) electrons. The SMILES string of the molecule is C[C@@H](SCc1nc(-c2cccc(Cl)c2)no1)C(=O)NCCc1ccccc1. The summed E-state index contributed by atoms with van der Waals surface area (Å²) in [5.41, 5.74) is 2.01. The molecule has 0 bridgehead atoms. The van der Waals surface area contributed by atoms with Crippen molar-refractivity contribution in [2.45, 2.75) is 24.3 Å². The van der Waals surface area contributed by atoms with Crippen LogP contribution in [0.25, 0.3) is 11.4 Å². The molecule has 0 aliphatic rings. The highest BCUT2D eigenvalue weighted by molar-refractivity contribution is 7.99. The molecule has 0 fully saturated rings. The molecule has 1 N–H and O–H groups in total. The van der Waals surface area contributed by atoms with E-state index in [0.717, 1.165) is 12.0 Å². The van der Waals surface area contributed by atoms with Gasteiger partial charge in [0.2, 0.25) is 17.6 Å². The number of benzene rings is 2. The van der Waals surface area contributed by atoms with Gasteiger partial charge in [0, 0.05) is 17.1 Å². The van der Waals surface area contributed by atoms with E-state index in [1.165, 1.54) is 17.3 Å². The topological polar surface area (TPSA) is 68.0 Å². The zero-order valence-corrected chi connectivity index (χ0v) is 16.5. The minimum atomic E-state index is -0.206. The first kappa shape index (κ1) is 19.5. The summed E-state index contributed by atoms with van der Waals surface area (Å²) in [6, 6.07) is 17.4. The summed E-state index contributed by atoms with van der Waals surface area (Å²) in [7, 11) is 0. The number of carbonyl (C=O) groups excluding carboxylic acids is 1. The van der Waals surface area contributed by atoms with Gasteiger partial charge in [-0.3, -0.25) is 4.79 Å². The molecule has 0 unspecified atom stereocenters. The Kier molecular flexibility index (Phi) is 6.90. The van der Waals surface area contributed by atoms with Gasteiger partial charge in [0.05, 0.1) is 11.0 Å². The lowest BCUT2D eigenvalue weighted by atomic mass is 10.1. The molecule has 0 aliphatic carbocycles. The highest BCUT2D eigenvalue weighted by Crippen LogP contribution is 2.22. The van der Waals surface area contributed by atoms with Crippen molar-refractivity contribution in [2.24, 2.45) is 0 Å². The van der Waals surface area contributed by atoms with Crippen LogP contribution in [0.15, 0.2) is 59.1 Å². The average Bonchev–Trinajstić information content (AvgIpc) is 3.16. The molecule has 3 aromatic rings. The second-order valence-electron chi connectivity index (χ2n) is 6.00. The van der Waals surface area contributed by atoms with E-state index in [9.17, 15) is 4.79 Å². The van der Waals surface area contributed by atoms with Crippen LogP contribution in [-0.2, 0) is 17.0 Å². The van der Waals surface area contributed by atoms with Gasteiger partial charge >= 0.3 is 0 Å². The van der Waals surface area contributed by atoms with E-state index in [1.54, 1.807) is 12.1 Å². The molecule has 0 aliphatic heterocycles. The van der Waals surface area contributed by atoms with Crippen LogP contribution in [0.5, 0.6) is 0 Å². The maximum absolute atomic E-state index is 12.2. The first-order valence-electron chi connectivity index (χ1n) is 8.63. The number of rotatable bonds is 8. The number of amides is 1. The molecule has 1 atom stereocenters. The van der Waals surface area contributed by atoms with E-state index in [-0.39, 0.29) is 11.2 Å². The molecular weight excluding hydrogens is 382 g/mol. The highest BCUT2D eigenvalue weighted by Gasteiger charge is 2.16. The second kappa shape index (κ2) is 9.58. The van der Waals surface area contributed by atoms with Crippen molar-refractivity contribution in [3.63, 3.8) is 0 Å². The second-order valence-corrected chi connectivity index (χ2v) is 7.77. The molecule has 1 heterocycles. The summed E-state index contributed by atoms with van der Waals surface area (Å²) in [6.07, 6.45) is 0.816. The average molecular weight is 402 g/mol. The van der Waals surface area contributed by atoms with Gasteiger partial charge in [-0.1, -0.05) is 59.2 Å². The first-order valence-corrected chi connectivity index (χ1v) is 10.1. The fraction of sp³-hybridized carbons (Fsp3) is 0.250. The number of nitrogens with zero attached hydrogens (tertiary/aromatic N) is 2. The van der Waals surface area contributed by atoms with Crippen molar-refractivity contribution in [1.82, 2.24) is 15.5 Å². The van der Waals surface area contributed by atoms with Crippen molar-refractivity contribution in [3.05, 3.63) is 71.1 Å². The van der Waals surface area contributed by atoms with E-state index >= 15 is 0 Å². The number of halogens is 1. The Morgan fingerprint density at radius 3 is 2.81 bits per heavy atom. The Bertz CT molecular complexity index is 886. The fourth-order valence-corrected chi connectivity index (χ4v) is 3.38. The van der Waals surface area contributed by atoms with Crippen molar-refractivity contribution < 1.29 is 9.32 Å². The predicted molar refractivity (Wildman–Crippen MR) is 109 cm³/mol. The third-order valence-electron chi connectivity index (χ3n) is 3.93. The molecule has 0 saturated heterocycles. The van der Waals surface area contributed by atoms with Crippen LogP contribution < -0.4 is 5.32 Å². The van der Waals surface area contributed by atoms with Gasteiger partial charge < -0.3 is 9.84 Å². The Labute approximate surface area is 167 Å². The number of hydrogen-bond acceptors (Lipinski definition) is 5. The summed E-state index contributed by atoms with van der Waals surface area (Å²) < 4.78 is 5.27. The standard InChI is InChI=1S/C20H20ClN3O2S/c1-14(20(25)22-11-10-15-6-3-2-4-7-15)27-13-18-23-19(24-26-18)16-8-5-9-17(21)12-16/h2-9,12,14H,10-11,13H2,1H3,(H,22,25)/t14-/m1/s1. The maximum atomic E-state index is 12.2. The van der Waals surface area contributed by atoms with Crippen LogP contribution in [0.1, 0.15) is 18.4 Å². The third-order valence-corrected chi connectivity index (χ3v) is 5.30. The van der Waals surface area contributed by atoms with Crippen molar-refractivity contribution >= 4 is 29.3 Å². The Balaban J connectivity index is 1.44. The molecule has 2 aromatic carbocycles. The van der Waals surface area contributed by atoms with Crippen molar-refractivity contribution in [2.75, 3.05) is 6.54 Å². The smallest absolute Gasteiger partial charge is 0.236 e. The fourth-order valence-electron chi connectivity index (χ4n) is 2.45. The van der Waals surface area contributed by atoms with Gasteiger partial charge in [-0.05, 0) is 31.0 Å². The van der Waals surface area contributed by atoms with Crippen molar-refractivity contribution in [1.29, 1.82) is 0 Å². The van der Waals surface area contributed by atoms with E-state index in [4.69, 9.17) is 16.1 Å². The van der Waals surface area contributed by atoms with Crippen LogP contribution >= 0.6 is 23.4 Å². The lowest BCUT2D eigenvalue weighted by molar-refractivity contribution is -0.120. The van der Waals surface area contributed by atoms with E-state index in [2.05, 4.69) is 27.6 Å². The molecule has 0 spiro atoms. The molecule has 0 saturated carbocycles. The van der Waals surface area contributed by atoms with Gasteiger partial charge in [0.1, 0.15) is 0 Å². The molecule has 1 amide bonds. The molecule has 3 rings (SSSR count). The highest BCUT2D eigenvalue weighted by atomic mass is 35.5. The minimum absolute atomic E-state index is 0.00510. The predicted octanol–water partition coefficient (Wildman–Crippen LogP) is 4.37. The van der Waals surface area contributed by atoms with Gasteiger partial charge in [-0.25, -0.2) is 0 Å². The van der Waals surface area contributed by atoms with Crippen LogP contribution in [0.2, 0.25) is 5.02 Å². The minimum Gasteiger partial charge on any atom is -0.355 e. The molecule has 27 heavy (non-hydrogen) atoms. The Hall–Kier alpha value is -2.31. The number of carbonyl (C=O) groups is 1. The monoisotopic (exact) mass is 401 g/mol. The van der Waals surface area contributed by atoms with Crippen LogP contribution in [0.4, 0.5) is 0 Å². The zero-order chi connectivity index (χ0) is 19.1. The molecule has 5 nitrogen and oxygen atoms in total. The lowest BCUT2D eigenvalue weighted by Crippen LogP contribution is -2.32. The normalized spacial score (nSPS) is 11.9. The van der Waals surface area contributed by atoms with E-state index in [0.29, 0.717) is 29.0 Å². The molecule has 1 aromatic heterocycles. The summed E-state index contributed by atoms with van der Waals surface area (Å²) in [5.74, 6) is 1.46. The van der Waals surface area contributed by atoms with Gasteiger partial charge in [-0.2, -0.15) is 4.98 Å². The summed E-state index contributed by atoms with van der Waals surface area (Å²) in [5, 5.41) is 7.35. The number of thioether (sulfide) groups is 1. The summed E-state index contributed by atoms with van der Waals surface area (Å²) >= 11 is 7.45. The quantitative estimate of drug-likeness (QED) is 0.607. The van der Waals surface area contributed by atoms with Crippen LogP contribution in [0, 0.1) is 0 Å². The van der Waals surface area contributed by atoms with Gasteiger partial charge in [0.25, 0.3) is 0 Å². The van der Waals surface area contributed by atoms with Gasteiger partial charge in [-0.15, -0.1) is 11.8 Å². The molecular formula is C20H20ClN3O2S. The van der Waals surface area contributed by atoms with E-state index in [1.807, 2.05) is 37.3 Å².